The molecule has 0 amide bonds. The van der Waals surface area contributed by atoms with Gasteiger partial charge in [-0.15, -0.1) is 0 Å². The van der Waals surface area contributed by atoms with Crippen molar-refractivity contribution in [3.05, 3.63) is 55.4 Å². The number of carbonyl (C=O) groups excluding carboxylic acids is 2. The molecule has 7 nitrogen and oxygen atoms in total. The van der Waals surface area contributed by atoms with Crippen LogP contribution in [0, 0.1) is 12.8 Å². The third-order valence-corrected chi connectivity index (χ3v) is 6.10. The summed E-state index contributed by atoms with van der Waals surface area (Å²) in [4.78, 5) is 51.6. The number of rotatable bonds is 6. The highest BCUT2D eigenvalue weighted by Gasteiger charge is 2.30. The molecule has 4 rings (SSSR count). The number of ketones is 2. The minimum absolute atomic E-state index is 0.177. The third-order valence-electron chi connectivity index (χ3n) is 6.10. The molecule has 1 N–H and O–H groups in total. The lowest BCUT2D eigenvalue weighted by molar-refractivity contribution is -0.116. The van der Waals surface area contributed by atoms with Gasteiger partial charge in [-0.3, -0.25) is 23.5 Å². The van der Waals surface area contributed by atoms with E-state index < -0.39 is 11.3 Å². The van der Waals surface area contributed by atoms with Crippen molar-refractivity contribution in [3.63, 3.8) is 0 Å². The Morgan fingerprint density at radius 2 is 1.87 bits per heavy atom. The van der Waals surface area contributed by atoms with Gasteiger partial charge in [0.15, 0.2) is 11.6 Å². The number of hydrogen-bond donors (Lipinski definition) is 1. The molecule has 30 heavy (non-hydrogen) atoms. The van der Waals surface area contributed by atoms with E-state index in [1.807, 2.05) is 6.92 Å². The number of Topliss-reactive ketones (excluding diaryl/α,β-unsaturated/α-hetero) is 2. The molecule has 7 heteroatoms. The molecule has 158 valence electrons. The van der Waals surface area contributed by atoms with E-state index >= 15 is 0 Å². The Morgan fingerprint density at radius 1 is 1.13 bits per heavy atom. The minimum Gasteiger partial charge on any atom is -0.511 e. The number of aliphatic hydroxyl groups excluding tert-OH is 1. The summed E-state index contributed by atoms with van der Waals surface area (Å²) in [7, 11) is 0. The van der Waals surface area contributed by atoms with Crippen LogP contribution in [0.1, 0.15) is 61.4 Å². The van der Waals surface area contributed by atoms with E-state index in [1.165, 1.54) is 4.57 Å². The van der Waals surface area contributed by atoms with Crippen molar-refractivity contribution in [2.45, 2.75) is 65.5 Å². The summed E-state index contributed by atoms with van der Waals surface area (Å²) in [5.41, 5.74) is 0.272. The van der Waals surface area contributed by atoms with E-state index in [0.29, 0.717) is 54.7 Å². The number of aryl methyl sites for hydroxylation is 1. The predicted octanol–water partition coefficient (Wildman–Crippen LogP) is 3.04. The van der Waals surface area contributed by atoms with Crippen molar-refractivity contribution in [2.24, 2.45) is 5.92 Å². The molecule has 1 heterocycles. The van der Waals surface area contributed by atoms with Crippen molar-refractivity contribution in [2.75, 3.05) is 0 Å². The highest BCUT2D eigenvalue weighted by molar-refractivity contribution is 6.27. The van der Waals surface area contributed by atoms with Crippen LogP contribution < -0.4 is 11.2 Å². The first-order valence-corrected chi connectivity index (χ1v) is 10.6. The maximum Gasteiger partial charge on any atom is 0.331 e. The number of aliphatic hydroxyl groups is 1. The molecule has 0 unspecified atom stereocenters. The Balaban J connectivity index is 1.96. The average Bonchev–Trinajstić information content (AvgIpc) is 3.52. The van der Waals surface area contributed by atoms with E-state index in [0.717, 1.165) is 12.8 Å². The molecule has 2 aromatic rings. The summed E-state index contributed by atoms with van der Waals surface area (Å²) < 4.78 is 2.89. The van der Waals surface area contributed by atoms with Gasteiger partial charge in [0, 0.05) is 31.5 Å². The van der Waals surface area contributed by atoms with Crippen LogP contribution in [0.4, 0.5) is 0 Å². The van der Waals surface area contributed by atoms with Crippen molar-refractivity contribution < 1.29 is 14.7 Å². The van der Waals surface area contributed by atoms with Gasteiger partial charge in [0.2, 0.25) is 0 Å². The van der Waals surface area contributed by atoms with E-state index in [-0.39, 0.29) is 34.8 Å². The fourth-order valence-electron chi connectivity index (χ4n) is 4.28. The Bertz CT molecular complexity index is 1210. The normalized spacial score (nSPS) is 17.1. The highest BCUT2D eigenvalue weighted by atomic mass is 16.3. The van der Waals surface area contributed by atoms with Crippen molar-refractivity contribution in [1.29, 1.82) is 0 Å². The first-order valence-electron chi connectivity index (χ1n) is 10.6. The highest BCUT2D eigenvalue weighted by Crippen LogP contribution is 2.32. The molecule has 0 saturated heterocycles. The number of fused-ring (bicyclic) bond motifs is 1. The summed E-state index contributed by atoms with van der Waals surface area (Å²) >= 11 is 0. The van der Waals surface area contributed by atoms with Gasteiger partial charge < -0.3 is 5.11 Å². The molecule has 2 aliphatic carbocycles. The standard InChI is InChI=1S/C23H26N2O5/c1-3-11-24-22(29)19-13(2)15(21(28)20-17(26)5-4-6-18(20)27)9-10-16(19)25(23(24)30)12-14-7-8-14/h9-10,14,26H,3-8,11-12H2,1-2H3. The summed E-state index contributed by atoms with van der Waals surface area (Å²) in [6.45, 7) is 4.43. The number of hydrogen-bond acceptors (Lipinski definition) is 5. The molecule has 1 aromatic carbocycles. The predicted molar refractivity (Wildman–Crippen MR) is 113 cm³/mol. The van der Waals surface area contributed by atoms with Gasteiger partial charge in [-0.25, -0.2) is 4.79 Å². The second-order valence-corrected chi connectivity index (χ2v) is 8.35. The van der Waals surface area contributed by atoms with Crippen LogP contribution >= 0.6 is 0 Å². The molecule has 1 aromatic heterocycles. The molecule has 0 spiro atoms. The van der Waals surface area contributed by atoms with Crippen molar-refractivity contribution >= 4 is 22.5 Å². The Kier molecular flexibility index (Phi) is 5.22. The molecule has 1 saturated carbocycles. The van der Waals surface area contributed by atoms with Gasteiger partial charge in [-0.05, 0) is 56.2 Å². The van der Waals surface area contributed by atoms with Gasteiger partial charge in [-0.2, -0.15) is 0 Å². The fraction of sp³-hybridized carbons (Fsp3) is 0.478. The lowest BCUT2D eigenvalue weighted by Crippen LogP contribution is -2.40. The van der Waals surface area contributed by atoms with Crippen molar-refractivity contribution in [3.8, 4) is 0 Å². The van der Waals surface area contributed by atoms with Crippen LogP contribution in [0.5, 0.6) is 0 Å². The molecular formula is C23H26N2O5. The maximum absolute atomic E-state index is 13.2. The molecule has 0 aliphatic heterocycles. The molecule has 2 aliphatic rings. The van der Waals surface area contributed by atoms with E-state index in [2.05, 4.69) is 0 Å². The first kappa shape index (κ1) is 20.3. The summed E-state index contributed by atoms with van der Waals surface area (Å²) in [6, 6.07) is 3.19. The molecule has 0 atom stereocenters. The zero-order valence-electron chi connectivity index (χ0n) is 17.4. The number of benzene rings is 1. The van der Waals surface area contributed by atoms with Gasteiger partial charge in [0.05, 0.1) is 10.9 Å². The Labute approximate surface area is 173 Å². The van der Waals surface area contributed by atoms with Gasteiger partial charge in [0.25, 0.3) is 5.56 Å². The topological polar surface area (TPSA) is 98.4 Å². The average molecular weight is 410 g/mol. The third kappa shape index (κ3) is 3.32. The van der Waals surface area contributed by atoms with Crippen LogP contribution in [-0.2, 0) is 17.9 Å². The maximum atomic E-state index is 13.2. The number of carbonyl (C=O) groups is 2. The zero-order valence-corrected chi connectivity index (χ0v) is 17.4. The number of nitrogens with zero attached hydrogens (tertiary/aromatic N) is 2. The van der Waals surface area contributed by atoms with Gasteiger partial charge in [-0.1, -0.05) is 6.92 Å². The fourth-order valence-corrected chi connectivity index (χ4v) is 4.28. The second kappa shape index (κ2) is 7.70. The van der Waals surface area contributed by atoms with Crippen LogP contribution in [0.3, 0.4) is 0 Å². The largest absolute Gasteiger partial charge is 0.511 e. The zero-order chi connectivity index (χ0) is 21.6. The Morgan fingerprint density at radius 3 is 2.50 bits per heavy atom. The monoisotopic (exact) mass is 410 g/mol. The second-order valence-electron chi connectivity index (χ2n) is 8.35. The van der Waals surface area contributed by atoms with Gasteiger partial charge >= 0.3 is 5.69 Å². The minimum atomic E-state index is -0.557. The van der Waals surface area contributed by atoms with Crippen LogP contribution in [0.25, 0.3) is 10.9 Å². The summed E-state index contributed by atoms with van der Waals surface area (Å²) in [6.07, 6.45) is 3.80. The number of aromatic nitrogens is 2. The van der Waals surface area contributed by atoms with Gasteiger partial charge in [0.1, 0.15) is 11.3 Å². The Hall–Kier alpha value is -2.96. The molecule has 1 fully saturated rings. The van der Waals surface area contributed by atoms with E-state index in [1.54, 1.807) is 23.6 Å². The lowest BCUT2D eigenvalue weighted by atomic mass is 9.88. The van der Waals surface area contributed by atoms with Crippen molar-refractivity contribution in [1.82, 2.24) is 9.13 Å². The lowest BCUT2D eigenvalue weighted by Gasteiger charge is -2.18. The first-order chi connectivity index (χ1) is 14.3. The smallest absolute Gasteiger partial charge is 0.331 e. The molecular weight excluding hydrogens is 384 g/mol. The van der Waals surface area contributed by atoms with E-state index in [4.69, 9.17) is 0 Å². The summed E-state index contributed by atoms with van der Waals surface area (Å²) in [5.74, 6) is -0.678. The molecule has 0 bridgehead atoms. The van der Waals surface area contributed by atoms with Crippen LogP contribution in [-0.4, -0.2) is 25.8 Å². The van der Waals surface area contributed by atoms with E-state index in [9.17, 15) is 24.3 Å². The summed E-state index contributed by atoms with van der Waals surface area (Å²) in [5, 5.41) is 10.5. The molecule has 0 radical (unpaired) electrons. The SMILES string of the molecule is CCCn1c(=O)c2c(C)c(C(=O)C3=C(O)CCCC3=O)ccc2n(CC2CC2)c1=O. The van der Waals surface area contributed by atoms with Crippen LogP contribution in [0.15, 0.2) is 33.1 Å². The number of allylic oxidation sites excluding steroid dienone is 2. The quantitative estimate of drug-likeness (QED) is 0.583. The van der Waals surface area contributed by atoms with Crippen LogP contribution in [0.2, 0.25) is 0 Å².